The van der Waals surface area contributed by atoms with Crippen molar-refractivity contribution in [3.05, 3.63) is 77.1 Å². The van der Waals surface area contributed by atoms with Crippen LogP contribution in [-0.2, 0) is 15.7 Å². The minimum atomic E-state index is -4.67. The first-order valence-electron chi connectivity index (χ1n) is 11.2. The van der Waals surface area contributed by atoms with Gasteiger partial charge in [-0.25, -0.2) is 9.59 Å². The molecule has 0 fully saturated rings. The Morgan fingerprint density at radius 3 is 2.33 bits per heavy atom. The highest BCUT2D eigenvalue weighted by molar-refractivity contribution is 6.31. The Morgan fingerprint density at radius 2 is 1.67 bits per heavy atom. The first kappa shape index (κ1) is 29.2. The third kappa shape index (κ3) is 8.86. The van der Waals surface area contributed by atoms with E-state index in [-0.39, 0.29) is 24.5 Å². The molecule has 0 bridgehead atoms. The molecule has 0 aliphatic heterocycles. The number of amides is 3. The summed E-state index contributed by atoms with van der Waals surface area (Å²) in [5.74, 6) is -0.962. The van der Waals surface area contributed by atoms with E-state index in [1.54, 1.807) is 0 Å². The van der Waals surface area contributed by atoms with E-state index in [2.05, 4.69) is 20.9 Å². The van der Waals surface area contributed by atoms with E-state index in [0.29, 0.717) is 17.2 Å². The zero-order valence-electron chi connectivity index (χ0n) is 20.2. The average molecular weight is 567 g/mol. The Morgan fingerprint density at radius 1 is 1.00 bits per heavy atom. The number of aromatic nitrogens is 1. The van der Waals surface area contributed by atoms with Gasteiger partial charge in [0.1, 0.15) is 17.2 Å². The van der Waals surface area contributed by atoms with Gasteiger partial charge in [-0.3, -0.25) is 9.78 Å². The van der Waals surface area contributed by atoms with Gasteiger partial charge in [0.15, 0.2) is 6.10 Å². The average Bonchev–Trinajstić information content (AvgIpc) is 2.88. The van der Waals surface area contributed by atoms with Crippen molar-refractivity contribution in [2.75, 3.05) is 23.8 Å². The predicted molar refractivity (Wildman–Crippen MR) is 135 cm³/mol. The lowest BCUT2D eigenvalue weighted by Gasteiger charge is -2.13. The number of alkyl halides is 3. The molecule has 14 heteroatoms. The molecule has 3 aromatic rings. The number of hydrogen-bond acceptors (Lipinski definition) is 6. The maximum absolute atomic E-state index is 13.0. The van der Waals surface area contributed by atoms with Crippen molar-refractivity contribution in [1.82, 2.24) is 10.3 Å². The number of carbonyl (C=O) groups is 3. The third-order valence-corrected chi connectivity index (χ3v) is 5.27. The molecule has 2 aromatic carbocycles. The van der Waals surface area contributed by atoms with Gasteiger partial charge in [-0.2, -0.15) is 13.2 Å². The Balaban J connectivity index is 1.53. The summed E-state index contributed by atoms with van der Waals surface area (Å²) in [5, 5.41) is 15.6. The number of nitrogens with one attached hydrogen (secondary N) is 3. The SMILES string of the molecule is CC(OCCNC(=O)c1cc(Oc2ccc(NC(=O)Nc3ccc(Cl)c(C(F)(F)F)c3)cc2)ccn1)C(=O)O. The lowest BCUT2D eigenvalue weighted by atomic mass is 10.2. The maximum Gasteiger partial charge on any atom is 0.417 e. The minimum absolute atomic E-state index is 0.00208. The van der Waals surface area contributed by atoms with Crippen LogP contribution >= 0.6 is 11.6 Å². The summed E-state index contributed by atoms with van der Waals surface area (Å²) in [6.45, 7) is 1.45. The number of aliphatic carboxylic acids is 1. The van der Waals surface area contributed by atoms with Crippen LogP contribution in [-0.4, -0.2) is 47.3 Å². The molecule has 0 radical (unpaired) electrons. The van der Waals surface area contributed by atoms with Crippen LogP contribution < -0.4 is 20.7 Å². The molecule has 0 aliphatic carbocycles. The Bertz CT molecular complexity index is 1340. The summed E-state index contributed by atoms with van der Waals surface area (Å²) in [5.41, 5.74) is -0.771. The van der Waals surface area contributed by atoms with E-state index in [9.17, 15) is 27.6 Å². The van der Waals surface area contributed by atoms with Crippen molar-refractivity contribution in [3.63, 3.8) is 0 Å². The molecular formula is C25H22ClF3N4O6. The van der Waals surface area contributed by atoms with E-state index in [1.165, 1.54) is 55.6 Å². The number of carboxylic acid groups (broad SMARTS) is 1. The maximum atomic E-state index is 13.0. The first-order valence-corrected chi connectivity index (χ1v) is 11.6. The molecule has 0 saturated heterocycles. The molecule has 1 heterocycles. The fraction of sp³-hybridized carbons (Fsp3) is 0.200. The van der Waals surface area contributed by atoms with Crippen LogP contribution in [0.4, 0.5) is 29.3 Å². The summed E-state index contributed by atoms with van der Waals surface area (Å²) >= 11 is 5.58. The second-order valence-electron chi connectivity index (χ2n) is 7.88. The quantitative estimate of drug-likeness (QED) is 0.241. The number of carbonyl (C=O) groups excluding carboxylic acids is 2. The Hall–Kier alpha value is -4.36. The fourth-order valence-corrected chi connectivity index (χ4v) is 3.24. The number of halogens is 4. The number of rotatable bonds is 10. The van der Waals surface area contributed by atoms with Gasteiger partial charge in [-0.15, -0.1) is 0 Å². The smallest absolute Gasteiger partial charge is 0.417 e. The van der Waals surface area contributed by atoms with Gasteiger partial charge in [-0.05, 0) is 55.5 Å². The molecule has 1 aromatic heterocycles. The van der Waals surface area contributed by atoms with Gasteiger partial charge >= 0.3 is 18.2 Å². The molecule has 10 nitrogen and oxygen atoms in total. The van der Waals surface area contributed by atoms with E-state index in [0.717, 1.165) is 12.1 Å². The van der Waals surface area contributed by atoms with E-state index >= 15 is 0 Å². The van der Waals surface area contributed by atoms with Crippen molar-refractivity contribution < 1.29 is 42.1 Å². The molecule has 206 valence electrons. The van der Waals surface area contributed by atoms with E-state index in [4.69, 9.17) is 26.2 Å². The first-order chi connectivity index (χ1) is 18.4. The number of anilines is 2. The number of benzene rings is 2. The number of carboxylic acids is 1. The van der Waals surface area contributed by atoms with Crippen LogP contribution in [0, 0.1) is 0 Å². The predicted octanol–water partition coefficient (Wildman–Crippen LogP) is 5.41. The Labute approximate surface area is 225 Å². The van der Waals surface area contributed by atoms with E-state index < -0.39 is 40.8 Å². The van der Waals surface area contributed by atoms with Crippen LogP contribution in [0.25, 0.3) is 0 Å². The lowest BCUT2D eigenvalue weighted by molar-refractivity contribution is -0.149. The molecule has 0 saturated carbocycles. The monoisotopic (exact) mass is 566 g/mol. The third-order valence-electron chi connectivity index (χ3n) is 4.94. The number of pyridine rings is 1. The second-order valence-corrected chi connectivity index (χ2v) is 8.29. The molecule has 39 heavy (non-hydrogen) atoms. The van der Waals surface area contributed by atoms with Crippen molar-refractivity contribution >= 4 is 40.9 Å². The summed E-state index contributed by atoms with van der Waals surface area (Å²) in [6.07, 6.45) is -4.30. The van der Waals surface area contributed by atoms with Gasteiger partial charge in [-0.1, -0.05) is 11.6 Å². The molecule has 1 atom stereocenters. The highest BCUT2D eigenvalue weighted by Gasteiger charge is 2.33. The molecular weight excluding hydrogens is 545 g/mol. The number of ether oxygens (including phenoxy) is 2. The van der Waals surface area contributed by atoms with E-state index in [1.807, 2.05) is 0 Å². The number of urea groups is 1. The molecule has 3 amide bonds. The van der Waals surface area contributed by atoms with Crippen LogP contribution in [0.3, 0.4) is 0 Å². The van der Waals surface area contributed by atoms with Gasteiger partial charge in [0, 0.05) is 30.2 Å². The van der Waals surface area contributed by atoms with Gasteiger partial charge in [0.25, 0.3) is 5.91 Å². The number of hydrogen-bond donors (Lipinski definition) is 4. The standard InChI is InChI=1S/C25H22ClF3N4O6/c1-14(23(35)36)38-11-10-31-22(34)21-13-18(8-9-30-21)39-17-5-2-15(3-6-17)32-24(37)33-16-4-7-20(26)19(12-16)25(27,28)29/h2-9,12-14H,10-11H2,1H3,(H,31,34)(H,35,36)(H2,32,33,37). The largest absolute Gasteiger partial charge is 0.479 e. The highest BCUT2D eigenvalue weighted by Crippen LogP contribution is 2.36. The van der Waals surface area contributed by atoms with Gasteiger partial charge in [0.05, 0.1) is 17.2 Å². The summed E-state index contributed by atoms with van der Waals surface area (Å²) in [4.78, 5) is 39.2. The summed E-state index contributed by atoms with van der Waals surface area (Å²) < 4.78 is 49.8. The van der Waals surface area contributed by atoms with Crippen LogP contribution in [0.1, 0.15) is 23.0 Å². The molecule has 4 N–H and O–H groups in total. The van der Waals surface area contributed by atoms with Crippen molar-refractivity contribution in [2.45, 2.75) is 19.2 Å². The molecule has 1 unspecified atom stereocenters. The summed E-state index contributed by atoms with van der Waals surface area (Å²) in [6, 6.07) is 11.2. The number of nitrogens with zero attached hydrogens (tertiary/aromatic N) is 1. The Kier molecular flexibility index (Phi) is 9.68. The van der Waals surface area contributed by atoms with Crippen LogP contribution in [0.15, 0.2) is 60.8 Å². The normalized spacial score (nSPS) is 11.8. The zero-order valence-corrected chi connectivity index (χ0v) is 21.0. The molecule has 0 spiro atoms. The minimum Gasteiger partial charge on any atom is -0.479 e. The molecule has 0 aliphatic rings. The van der Waals surface area contributed by atoms with Crippen molar-refractivity contribution in [2.24, 2.45) is 0 Å². The lowest BCUT2D eigenvalue weighted by Crippen LogP contribution is -2.30. The summed E-state index contributed by atoms with van der Waals surface area (Å²) in [7, 11) is 0. The van der Waals surface area contributed by atoms with Crippen molar-refractivity contribution in [1.29, 1.82) is 0 Å². The molecule has 3 rings (SSSR count). The second kappa shape index (κ2) is 12.9. The van der Waals surface area contributed by atoms with Crippen LogP contribution in [0.5, 0.6) is 11.5 Å². The highest BCUT2D eigenvalue weighted by atomic mass is 35.5. The zero-order chi connectivity index (χ0) is 28.6. The van der Waals surface area contributed by atoms with Crippen LogP contribution in [0.2, 0.25) is 5.02 Å². The fourth-order valence-electron chi connectivity index (χ4n) is 3.02. The van der Waals surface area contributed by atoms with Gasteiger partial charge < -0.3 is 30.5 Å². The topological polar surface area (TPSA) is 139 Å². The van der Waals surface area contributed by atoms with Gasteiger partial charge in [0.2, 0.25) is 0 Å². The van der Waals surface area contributed by atoms with Crippen molar-refractivity contribution in [3.8, 4) is 11.5 Å².